The molecule has 0 atom stereocenters. The van der Waals surface area contributed by atoms with Crippen LogP contribution in [0.4, 0.5) is 11.6 Å². The molecule has 1 aromatic carbocycles. The van der Waals surface area contributed by atoms with Crippen molar-refractivity contribution in [1.29, 1.82) is 0 Å². The van der Waals surface area contributed by atoms with Crippen molar-refractivity contribution in [3.8, 4) is 0 Å². The monoisotopic (exact) mass is 320 g/mol. The van der Waals surface area contributed by atoms with Gasteiger partial charge in [0.05, 0.1) is 31.1 Å². The Hall–Kier alpha value is -3.28. The van der Waals surface area contributed by atoms with Crippen LogP contribution in [0.25, 0.3) is 0 Å². The van der Waals surface area contributed by atoms with E-state index < -0.39 is 0 Å². The maximum Gasteiger partial charge on any atom is 0.337 e. The molecule has 0 saturated heterocycles. The van der Waals surface area contributed by atoms with Gasteiger partial charge in [0.15, 0.2) is 0 Å². The SMILES string of the molecule is COC(=O)c1ccc(CN(c2cccnc2)c2ncccn2)cc1. The standard InChI is InChI=1S/C18H16N4O2/c1-24-17(23)15-7-5-14(6-8-15)13-22(16-4-2-9-19-12-16)18-20-10-3-11-21-18/h2-12H,13H2,1H3. The molecule has 0 bridgehead atoms. The molecule has 0 saturated carbocycles. The summed E-state index contributed by atoms with van der Waals surface area (Å²) >= 11 is 0. The number of hydrogen-bond acceptors (Lipinski definition) is 6. The van der Waals surface area contributed by atoms with Crippen LogP contribution in [0.3, 0.4) is 0 Å². The Morgan fingerprint density at radius 2 is 1.79 bits per heavy atom. The van der Waals surface area contributed by atoms with Crippen LogP contribution in [0.5, 0.6) is 0 Å². The molecule has 0 aliphatic carbocycles. The molecule has 120 valence electrons. The van der Waals surface area contributed by atoms with Crippen molar-refractivity contribution in [1.82, 2.24) is 15.0 Å². The van der Waals surface area contributed by atoms with Gasteiger partial charge >= 0.3 is 5.97 Å². The summed E-state index contributed by atoms with van der Waals surface area (Å²) < 4.78 is 4.72. The minimum absolute atomic E-state index is 0.350. The molecule has 0 radical (unpaired) electrons. The number of rotatable bonds is 5. The van der Waals surface area contributed by atoms with Crippen LogP contribution < -0.4 is 4.90 Å². The van der Waals surface area contributed by atoms with Gasteiger partial charge in [0.1, 0.15) is 0 Å². The summed E-state index contributed by atoms with van der Waals surface area (Å²) in [5.74, 6) is 0.236. The van der Waals surface area contributed by atoms with Crippen molar-refractivity contribution < 1.29 is 9.53 Å². The van der Waals surface area contributed by atoms with Gasteiger partial charge in [-0.25, -0.2) is 14.8 Å². The van der Waals surface area contributed by atoms with E-state index in [0.29, 0.717) is 18.1 Å². The number of methoxy groups -OCH3 is 1. The highest BCUT2D eigenvalue weighted by atomic mass is 16.5. The zero-order chi connectivity index (χ0) is 16.8. The van der Waals surface area contributed by atoms with Gasteiger partial charge in [0, 0.05) is 18.6 Å². The van der Waals surface area contributed by atoms with Gasteiger partial charge in [-0.1, -0.05) is 12.1 Å². The molecule has 0 N–H and O–H groups in total. The predicted octanol–water partition coefficient (Wildman–Crippen LogP) is 3.00. The van der Waals surface area contributed by atoms with Crippen LogP contribution in [0.1, 0.15) is 15.9 Å². The third-order valence-electron chi connectivity index (χ3n) is 3.47. The highest BCUT2D eigenvalue weighted by Gasteiger charge is 2.13. The Kier molecular flexibility index (Phi) is 4.76. The molecular formula is C18H16N4O2. The van der Waals surface area contributed by atoms with E-state index in [1.165, 1.54) is 7.11 Å². The van der Waals surface area contributed by atoms with Gasteiger partial charge in [-0.15, -0.1) is 0 Å². The Labute approximate surface area is 139 Å². The molecule has 2 aromatic heterocycles. The highest BCUT2D eigenvalue weighted by Crippen LogP contribution is 2.23. The van der Waals surface area contributed by atoms with Crippen LogP contribution in [-0.2, 0) is 11.3 Å². The van der Waals surface area contributed by atoms with E-state index in [9.17, 15) is 4.79 Å². The van der Waals surface area contributed by atoms with Gasteiger partial charge in [0.2, 0.25) is 5.95 Å². The second-order valence-corrected chi connectivity index (χ2v) is 5.03. The molecule has 3 aromatic rings. The van der Waals surface area contributed by atoms with Crippen LogP contribution >= 0.6 is 0 Å². The van der Waals surface area contributed by atoms with Crippen molar-refractivity contribution in [2.45, 2.75) is 6.54 Å². The van der Waals surface area contributed by atoms with Crippen molar-refractivity contribution in [2.75, 3.05) is 12.0 Å². The fraction of sp³-hybridized carbons (Fsp3) is 0.111. The smallest absolute Gasteiger partial charge is 0.337 e. The first-order valence-electron chi connectivity index (χ1n) is 7.40. The van der Waals surface area contributed by atoms with Crippen molar-refractivity contribution in [2.24, 2.45) is 0 Å². The zero-order valence-corrected chi connectivity index (χ0v) is 13.2. The first-order valence-corrected chi connectivity index (χ1v) is 7.40. The molecule has 0 fully saturated rings. The molecule has 2 heterocycles. The van der Waals surface area contributed by atoms with E-state index in [-0.39, 0.29) is 5.97 Å². The second kappa shape index (κ2) is 7.32. The lowest BCUT2D eigenvalue weighted by molar-refractivity contribution is 0.0600. The average Bonchev–Trinajstić information content (AvgIpc) is 2.67. The molecule has 0 spiro atoms. The van der Waals surface area contributed by atoms with Crippen molar-refractivity contribution >= 4 is 17.6 Å². The summed E-state index contributed by atoms with van der Waals surface area (Å²) in [6.45, 7) is 0.553. The Bertz CT molecular complexity index is 753. The number of ether oxygens (including phenoxy) is 1. The normalized spacial score (nSPS) is 10.2. The largest absolute Gasteiger partial charge is 0.465 e. The molecule has 6 nitrogen and oxygen atoms in total. The number of anilines is 2. The summed E-state index contributed by atoms with van der Waals surface area (Å²) in [4.78, 5) is 26.3. The lowest BCUT2D eigenvalue weighted by Gasteiger charge is -2.22. The van der Waals surface area contributed by atoms with E-state index in [0.717, 1.165) is 11.3 Å². The van der Waals surface area contributed by atoms with Gasteiger partial charge in [-0.05, 0) is 35.9 Å². The number of benzene rings is 1. The van der Waals surface area contributed by atoms with Gasteiger partial charge < -0.3 is 9.64 Å². The topological polar surface area (TPSA) is 68.2 Å². The predicted molar refractivity (Wildman–Crippen MR) is 89.9 cm³/mol. The number of hydrogen-bond donors (Lipinski definition) is 0. The number of pyridine rings is 1. The second-order valence-electron chi connectivity index (χ2n) is 5.03. The molecule has 0 unspecified atom stereocenters. The van der Waals surface area contributed by atoms with E-state index in [4.69, 9.17) is 4.74 Å². The number of carbonyl (C=O) groups excluding carboxylic acids is 1. The minimum Gasteiger partial charge on any atom is -0.465 e. The summed E-state index contributed by atoms with van der Waals surface area (Å²) in [6.07, 6.45) is 6.88. The van der Waals surface area contributed by atoms with Crippen molar-refractivity contribution in [3.05, 3.63) is 78.4 Å². The summed E-state index contributed by atoms with van der Waals surface area (Å²) in [7, 11) is 1.37. The Morgan fingerprint density at radius 1 is 1.04 bits per heavy atom. The van der Waals surface area contributed by atoms with E-state index in [1.54, 1.807) is 43.0 Å². The maximum absolute atomic E-state index is 11.5. The highest BCUT2D eigenvalue weighted by molar-refractivity contribution is 5.89. The summed E-state index contributed by atoms with van der Waals surface area (Å²) in [5.41, 5.74) is 2.42. The van der Waals surface area contributed by atoms with Crippen LogP contribution in [0, 0.1) is 0 Å². The molecular weight excluding hydrogens is 304 g/mol. The van der Waals surface area contributed by atoms with Crippen LogP contribution in [-0.4, -0.2) is 28.0 Å². The number of aromatic nitrogens is 3. The molecule has 24 heavy (non-hydrogen) atoms. The van der Waals surface area contributed by atoms with E-state index in [1.807, 2.05) is 29.2 Å². The first-order chi connectivity index (χ1) is 11.8. The third kappa shape index (κ3) is 3.55. The maximum atomic E-state index is 11.5. The van der Waals surface area contributed by atoms with Crippen LogP contribution in [0.15, 0.2) is 67.3 Å². The number of carbonyl (C=O) groups is 1. The Balaban J connectivity index is 1.89. The summed E-state index contributed by atoms with van der Waals surface area (Å²) in [6, 6.07) is 12.9. The molecule has 3 rings (SSSR count). The molecule has 0 aliphatic heterocycles. The third-order valence-corrected chi connectivity index (χ3v) is 3.47. The molecule has 6 heteroatoms. The van der Waals surface area contributed by atoms with Crippen LogP contribution in [0.2, 0.25) is 0 Å². The van der Waals surface area contributed by atoms with Gasteiger partial charge in [-0.3, -0.25) is 4.98 Å². The quantitative estimate of drug-likeness (QED) is 0.673. The lowest BCUT2D eigenvalue weighted by atomic mass is 10.1. The minimum atomic E-state index is -0.350. The van der Waals surface area contributed by atoms with E-state index >= 15 is 0 Å². The summed E-state index contributed by atoms with van der Waals surface area (Å²) in [5, 5.41) is 0. The zero-order valence-electron chi connectivity index (χ0n) is 13.2. The lowest BCUT2D eigenvalue weighted by Crippen LogP contribution is -2.19. The fourth-order valence-electron chi connectivity index (χ4n) is 2.27. The fourth-order valence-corrected chi connectivity index (χ4v) is 2.27. The molecule has 0 amide bonds. The number of esters is 1. The van der Waals surface area contributed by atoms with Gasteiger partial charge in [0.25, 0.3) is 0 Å². The van der Waals surface area contributed by atoms with Gasteiger partial charge in [-0.2, -0.15) is 0 Å². The van der Waals surface area contributed by atoms with E-state index in [2.05, 4.69) is 15.0 Å². The number of nitrogens with zero attached hydrogens (tertiary/aromatic N) is 4. The average molecular weight is 320 g/mol. The van der Waals surface area contributed by atoms with Crippen molar-refractivity contribution in [3.63, 3.8) is 0 Å². The molecule has 0 aliphatic rings. The first kappa shape index (κ1) is 15.6. The Morgan fingerprint density at radius 3 is 2.42 bits per heavy atom.